The Bertz CT molecular complexity index is 899. The van der Waals surface area contributed by atoms with E-state index < -0.39 is 35.9 Å². The van der Waals surface area contributed by atoms with Crippen molar-refractivity contribution in [3.05, 3.63) is 36.0 Å². The number of aliphatic carboxylic acids is 1. The van der Waals surface area contributed by atoms with E-state index in [1.807, 2.05) is 24.3 Å². The Morgan fingerprint density at radius 2 is 1.62 bits per heavy atom. The number of benzene rings is 1. The maximum Gasteiger partial charge on any atom is 0.326 e. The van der Waals surface area contributed by atoms with Gasteiger partial charge >= 0.3 is 5.97 Å². The van der Waals surface area contributed by atoms with Crippen LogP contribution >= 0.6 is 0 Å². The fourth-order valence-corrected chi connectivity index (χ4v) is 3.50. The first-order valence-electron chi connectivity index (χ1n) is 10.9. The van der Waals surface area contributed by atoms with Gasteiger partial charge in [0.1, 0.15) is 12.1 Å². The second-order valence-electron chi connectivity index (χ2n) is 7.85. The second kappa shape index (κ2) is 12.8. The molecule has 0 bridgehead atoms. The molecular weight excluding hydrogens is 412 g/mol. The number of carbonyl (C=O) groups excluding carboxylic acids is 2. The number of carboxylic acid groups (broad SMARTS) is 1. The van der Waals surface area contributed by atoms with Crippen molar-refractivity contribution in [1.29, 1.82) is 0 Å². The van der Waals surface area contributed by atoms with Crippen LogP contribution in [0.3, 0.4) is 0 Å². The maximum atomic E-state index is 13.0. The van der Waals surface area contributed by atoms with E-state index in [1.54, 1.807) is 6.20 Å². The highest BCUT2D eigenvalue weighted by Crippen LogP contribution is 2.19. The molecule has 2 amide bonds. The fraction of sp³-hybridized carbons (Fsp3) is 0.500. The molecular formula is C22H34N6O4. The second-order valence-corrected chi connectivity index (χ2v) is 7.85. The highest BCUT2D eigenvalue weighted by Gasteiger charge is 2.28. The van der Waals surface area contributed by atoms with E-state index in [-0.39, 0.29) is 12.8 Å². The van der Waals surface area contributed by atoms with Crippen molar-refractivity contribution in [2.75, 3.05) is 13.1 Å². The molecule has 3 atom stereocenters. The van der Waals surface area contributed by atoms with Crippen LogP contribution in [0.4, 0.5) is 0 Å². The standard InChI is InChI=1S/C22H34N6O4/c23-10-4-3-9-18(22(31)32)27-21(30)19(28-20(29)16(25)7-5-11-24)12-14-13-26-17-8-2-1-6-15(14)17/h1-2,6,8,13,16,18-19,26H,3-5,7,9-12,23-25H2,(H,27,30)(H,28,29)(H,31,32)/t16-,18-,19-/m0/s1. The van der Waals surface area contributed by atoms with Crippen LogP contribution in [-0.4, -0.2) is 59.1 Å². The first-order chi connectivity index (χ1) is 15.4. The topological polar surface area (TPSA) is 189 Å². The molecule has 10 N–H and O–H groups in total. The molecule has 0 spiro atoms. The molecule has 176 valence electrons. The molecule has 10 heteroatoms. The summed E-state index contributed by atoms with van der Waals surface area (Å²) >= 11 is 0. The molecule has 0 saturated heterocycles. The van der Waals surface area contributed by atoms with Crippen molar-refractivity contribution < 1.29 is 19.5 Å². The first-order valence-corrected chi connectivity index (χ1v) is 10.9. The third-order valence-electron chi connectivity index (χ3n) is 5.35. The lowest BCUT2D eigenvalue weighted by Gasteiger charge is -2.23. The molecule has 1 aromatic carbocycles. The Kier molecular flexibility index (Phi) is 10.1. The van der Waals surface area contributed by atoms with Crippen LogP contribution in [0.15, 0.2) is 30.5 Å². The highest BCUT2D eigenvalue weighted by molar-refractivity contribution is 5.92. The molecule has 0 radical (unpaired) electrons. The molecule has 2 aromatic rings. The molecule has 1 heterocycles. The Morgan fingerprint density at radius 3 is 2.31 bits per heavy atom. The largest absolute Gasteiger partial charge is 0.480 e. The molecule has 0 aliphatic heterocycles. The van der Waals surface area contributed by atoms with Gasteiger partial charge in [-0.1, -0.05) is 18.2 Å². The molecule has 0 fully saturated rings. The van der Waals surface area contributed by atoms with E-state index >= 15 is 0 Å². The van der Waals surface area contributed by atoms with Crippen molar-refractivity contribution in [3.63, 3.8) is 0 Å². The van der Waals surface area contributed by atoms with Gasteiger partial charge in [0.05, 0.1) is 6.04 Å². The monoisotopic (exact) mass is 446 g/mol. The van der Waals surface area contributed by atoms with Crippen molar-refractivity contribution in [3.8, 4) is 0 Å². The quantitative estimate of drug-likeness (QED) is 0.198. The van der Waals surface area contributed by atoms with Gasteiger partial charge in [-0.3, -0.25) is 9.59 Å². The number of hydrogen-bond donors (Lipinski definition) is 7. The zero-order valence-electron chi connectivity index (χ0n) is 18.2. The Balaban J connectivity index is 2.18. The third kappa shape index (κ3) is 7.33. The van der Waals surface area contributed by atoms with Gasteiger partial charge in [0.15, 0.2) is 0 Å². The summed E-state index contributed by atoms with van der Waals surface area (Å²) in [4.78, 5) is 40.4. The lowest BCUT2D eigenvalue weighted by Crippen LogP contribution is -2.55. The number of aromatic nitrogens is 1. The smallest absolute Gasteiger partial charge is 0.326 e. The zero-order valence-corrected chi connectivity index (χ0v) is 18.2. The predicted octanol–water partition coefficient (Wildman–Crippen LogP) is -0.0402. The summed E-state index contributed by atoms with van der Waals surface area (Å²) in [6.45, 7) is 0.851. The molecule has 0 saturated carbocycles. The van der Waals surface area contributed by atoms with E-state index in [2.05, 4.69) is 15.6 Å². The average molecular weight is 447 g/mol. The lowest BCUT2D eigenvalue weighted by atomic mass is 10.0. The molecule has 0 aliphatic carbocycles. The van der Waals surface area contributed by atoms with Crippen LogP contribution in [0.5, 0.6) is 0 Å². The molecule has 0 unspecified atom stereocenters. The summed E-state index contributed by atoms with van der Waals surface area (Å²) in [5, 5.41) is 15.7. The number of carboxylic acids is 1. The van der Waals surface area contributed by atoms with Gasteiger partial charge in [0.25, 0.3) is 0 Å². The van der Waals surface area contributed by atoms with Crippen LogP contribution in [0.1, 0.15) is 37.7 Å². The number of para-hydroxylation sites is 1. The van der Waals surface area contributed by atoms with E-state index in [4.69, 9.17) is 17.2 Å². The van der Waals surface area contributed by atoms with Crippen LogP contribution in [0.25, 0.3) is 10.9 Å². The van der Waals surface area contributed by atoms with E-state index in [1.165, 1.54) is 0 Å². The number of nitrogens with one attached hydrogen (secondary N) is 3. The fourth-order valence-electron chi connectivity index (χ4n) is 3.50. The normalized spacial score (nSPS) is 14.0. The lowest BCUT2D eigenvalue weighted by molar-refractivity contribution is -0.142. The van der Waals surface area contributed by atoms with Crippen LogP contribution in [-0.2, 0) is 20.8 Å². The van der Waals surface area contributed by atoms with Gasteiger partial charge in [-0.2, -0.15) is 0 Å². The van der Waals surface area contributed by atoms with Crippen LogP contribution in [0.2, 0.25) is 0 Å². The number of rotatable bonds is 14. The minimum Gasteiger partial charge on any atom is -0.480 e. The Hall–Kier alpha value is -2.95. The predicted molar refractivity (Wildman–Crippen MR) is 123 cm³/mol. The van der Waals surface area contributed by atoms with Gasteiger partial charge in [0, 0.05) is 23.5 Å². The summed E-state index contributed by atoms with van der Waals surface area (Å²) < 4.78 is 0. The Labute approximate surface area is 187 Å². The molecule has 2 rings (SSSR count). The first kappa shape index (κ1) is 25.3. The maximum absolute atomic E-state index is 13.0. The molecule has 0 aliphatic rings. The summed E-state index contributed by atoms with van der Waals surface area (Å²) in [6, 6.07) is 4.74. The van der Waals surface area contributed by atoms with E-state index in [9.17, 15) is 19.5 Å². The van der Waals surface area contributed by atoms with Crippen molar-refractivity contribution in [1.82, 2.24) is 15.6 Å². The highest BCUT2D eigenvalue weighted by atomic mass is 16.4. The van der Waals surface area contributed by atoms with E-state index in [0.29, 0.717) is 38.8 Å². The van der Waals surface area contributed by atoms with Gasteiger partial charge in [-0.15, -0.1) is 0 Å². The number of amides is 2. The minimum atomic E-state index is -1.13. The van der Waals surface area contributed by atoms with Gasteiger partial charge in [-0.05, 0) is 56.8 Å². The summed E-state index contributed by atoms with van der Waals surface area (Å²) in [6.07, 6.45) is 4.41. The number of fused-ring (bicyclic) bond motifs is 1. The van der Waals surface area contributed by atoms with Crippen LogP contribution < -0.4 is 27.8 Å². The Morgan fingerprint density at radius 1 is 0.938 bits per heavy atom. The summed E-state index contributed by atoms with van der Waals surface area (Å²) in [7, 11) is 0. The number of hydrogen-bond acceptors (Lipinski definition) is 6. The number of unbranched alkanes of at least 4 members (excludes halogenated alkanes) is 1. The van der Waals surface area contributed by atoms with Gasteiger partial charge < -0.3 is 37.9 Å². The van der Waals surface area contributed by atoms with Crippen molar-refractivity contribution in [2.24, 2.45) is 17.2 Å². The minimum absolute atomic E-state index is 0.181. The third-order valence-corrected chi connectivity index (χ3v) is 5.35. The van der Waals surface area contributed by atoms with Crippen molar-refractivity contribution >= 4 is 28.7 Å². The molecule has 1 aromatic heterocycles. The number of carbonyl (C=O) groups is 3. The number of H-pyrrole nitrogens is 1. The van der Waals surface area contributed by atoms with Gasteiger partial charge in [-0.25, -0.2) is 4.79 Å². The molecule has 32 heavy (non-hydrogen) atoms. The van der Waals surface area contributed by atoms with Gasteiger partial charge in [0.2, 0.25) is 11.8 Å². The number of aromatic amines is 1. The number of nitrogens with two attached hydrogens (primary N) is 3. The van der Waals surface area contributed by atoms with Crippen molar-refractivity contribution in [2.45, 2.75) is 56.7 Å². The summed E-state index contributed by atoms with van der Waals surface area (Å²) in [5.74, 6) is -2.18. The zero-order chi connectivity index (χ0) is 23.5. The summed E-state index contributed by atoms with van der Waals surface area (Å²) in [5.41, 5.74) is 18.6. The average Bonchev–Trinajstić information content (AvgIpc) is 3.19. The van der Waals surface area contributed by atoms with E-state index in [0.717, 1.165) is 16.5 Å². The molecule has 10 nitrogen and oxygen atoms in total. The SMILES string of the molecule is NCCCC[C@H](NC(=O)[C@H](Cc1c[nH]c2ccccc12)NC(=O)[C@@H](N)CCCN)C(=O)O. The van der Waals surface area contributed by atoms with Crippen LogP contribution in [0, 0.1) is 0 Å².